The first-order valence-electron chi connectivity index (χ1n) is 8.70. The molecule has 0 saturated heterocycles. The van der Waals surface area contributed by atoms with Crippen LogP contribution in [0.1, 0.15) is 25.2 Å². The van der Waals surface area contributed by atoms with Gasteiger partial charge in [0.05, 0.1) is 13.1 Å². The van der Waals surface area contributed by atoms with E-state index in [1.165, 1.54) is 4.57 Å². The minimum absolute atomic E-state index is 0.352. The van der Waals surface area contributed by atoms with Crippen molar-refractivity contribution in [1.29, 1.82) is 0 Å². The molecule has 0 spiro atoms. The van der Waals surface area contributed by atoms with E-state index in [0.717, 1.165) is 18.7 Å². The number of benzene rings is 1. The lowest BCUT2D eigenvalue weighted by Crippen LogP contribution is -2.29. The van der Waals surface area contributed by atoms with Crippen molar-refractivity contribution in [3.63, 3.8) is 0 Å². The summed E-state index contributed by atoms with van der Waals surface area (Å²) < 4.78 is 3.17. The van der Waals surface area contributed by atoms with Gasteiger partial charge in [-0.15, -0.1) is 0 Å². The first-order valence-corrected chi connectivity index (χ1v) is 9.46. The van der Waals surface area contributed by atoms with Gasteiger partial charge in [-0.05, 0) is 30.8 Å². The molecule has 7 nitrogen and oxygen atoms in total. The second-order valence-electron chi connectivity index (χ2n) is 6.30. The molecule has 3 rings (SSSR count). The lowest BCUT2D eigenvalue weighted by molar-refractivity contribution is 0.285. The molecule has 2 heterocycles. The Morgan fingerprint density at radius 2 is 1.89 bits per heavy atom. The van der Waals surface area contributed by atoms with Crippen molar-refractivity contribution in [3.05, 3.63) is 60.5 Å². The molecule has 27 heavy (non-hydrogen) atoms. The van der Waals surface area contributed by atoms with Gasteiger partial charge >= 0.3 is 5.69 Å². The molecular weight excluding hydrogens is 389 g/mol. The number of imidazole rings is 1. The van der Waals surface area contributed by atoms with Crippen LogP contribution >= 0.6 is 23.2 Å². The van der Waals surface area contributed by atoms with E-state index in [4.69, 9.17) is 23.2 Å². The number of hydrogen-bond acceptors (Lipinski definition) is 4. The van der Waals surface area contributed by atoms with Gasteiger partial charge in [0.15, 0.2) is 11.2 Å². The molecule has 0 aliphatic heterocycles. The summed E-state index contributed by atoms with van der Waals surface area (Å²) in [6.45, 7) is 6.72. The normalized spacial score (nSPS) is 11.6. The van der Waals surface area contributed by atoms with Gasteiger partial charge < -0.3 is 4.57 Å². The number of nitrogens with zero attached hydrogens (tertiary/aromatic N) is 4. The fraction of sp³-hybridized carbons (Fsp3) is 0.389. The van der Waals surface area contributed by atoms with Gasteiger partial charge in [0, 0.05) is 17.1 Å². The Morgan fingerprint density at radius 3 is 2.52 bits per heavy atom. The van der Waals surface area contributed by atoms with Crippen molar-refractivity contribution in [2.24, 2.45) is 7.05 Å². The predicted molar refractivity (Wildman–Crippen MR) is 108 cm³/mol. The molecule has 0 aliphatic rings. The quantitative estimate of drug-likeness (QED) is 0.678. The molecule has 3 aromatic rings. The Balaban J connectivity index is 2.22. The highest BCUT2D eigenvalue weighted by atomic mass is 35.5. The van der Waals surface area contributed by atoms with Gasteiger partial charge in [0.2, 0.25) is 0 Å². The number of aryl methyl sites for hydroxylation is 1. The summed E-state index contributed by atoms with van der Waals surface area (Å²) in [6, 6.07) is 5.25. The fourth-order valence-corrected chi connectivity index (χ4v) is 3.51. The molecule has 0 amide bonds. The van der Waals surface area contributed by atoms with E-state index >= 15 is 0 Å². The summed E-state index contributed by atoms with van der Waals surface area (Å²) in [5.74, 6) is 0.700. The highest BCUT2D eigenvalue weighted by Gasteiger charge is 2.19. The molecule has 2 aromatic heterocycles. The Kier molecular flexibility index (Phi) is 5.74. The smallest absolute Gasteiger partial charge is 0.316 e. The first-order chi connectivity index (χ1) is 12.8. The minimum atomic E-state index is -0.490. The fourth-order valence-electron chi connectivity index (χ4n) is 3.04. The Bertz CT molecular complexity index is 1100. The summed E-state index contributed by atoms with van der Waals surface area (Å²) in [5, 5.41) is 1.06. The van der Waals surface area contributed by atoms with E-state index in [1.807, 2.05) is 10.6 Å². The second kappa shape index (κ2) is 7.88. The van der Waals surface area contributed by atoms with Crippen molar-refractivity contribution >= 4 is 34.4 Å². The zero-order chi connectivity index (χ0) is 19.7. The van der Waals surface area contributed by atoms with Gasteiger partial charge in [-0.1, -0.05) is 43.1 Å². The van der Waals surface area contributed by atoms with E-state index < -0.39 is 11.2 Å². The summed E-state index contributed by atoms with van der Waals surface area (Å²) in [5.41, 5.74) is 0.572. The first kappa shape index (κ1) is 19.7. The second-order valence-corrected chi connectivity index (χ2v) is 7.15. The summed E-state index contributed by atoms with van der Waals surface area (Å²) in [6.07, 6.45) is 0. The molecule has 0 radical (unpaired) electrons. The van der Waals surface area contributed by atoms with E-state index in [-0.39, 0.29) is 0 Å². The van der Waals surface area contributed by atoms with Gasteiger partial charge in [0.1, 0.15) is 5.82 Å². The summed E-state index contributed by atoms with van der Waals surface area (Å²) in [7, 11) is 1.59. The maximum absolute atomic E-state index is 12.5. The predicted octanol–water partition coefficient (Wildman–Crippen LogP) is 2.62. The zero-order valence-corrected chi connectivity index (χ0v) is 16.9. The van der Waals surface area contributed by atoms with Crippen LogP contribution in [-0.4, -0.2) is 37.1 Å². The van der Waals surface area contributed by atoms with Crippen LogP contribution in [-0.2, 0) is 20.1 Å². The number of nitrogens with one attached hydrogen (secondary N) is 1. The molecule has 0 unspecified atom stereocenters. The van der Waals surface area contributed by atoms with E-state index in [2.05, 4.69) is 28.7 Å². The van der Waals surface area contributed by atoms with Crippen molar-refractivity contribution < 1.29 is 0 Å². The van der Waals surface area contributed by atoms with Crippen LogP contribution in [0.2, 0.25) is 10.0 Å². The third-order valence-corrected chi connectivity index (χ3v) is 5.28. The van der Waals surface area contributed by atoms with Crippen LogP contribution in [0.25, 0.3) is 11.2 Å². The van der Waals surface area contributed by atoms with Crippen LogP contribution in [0.15, 0.2) is 27.8 Å². The number of halogens is 2. The molecule has 0 atom stereocenters. The van der Waals surface area contributed by atoms with Gasteiger partial charge in [-0.2, -0.15) is 0 Å². The number of fused-ring (bicyclic) bond motifs is 1. The third kappa shape index (κ3) is 3.81. The Morgan fingerprint density at radius 1 is 1.19 bits per heavy atom. The molecule has 0 fully saturated rings. The number of aromatic nitrogens is 4. The summed E-state index contributed by atoms with van der Waals surface area (Å²) in [4.78, 5) is 33.7. The molecule has 0 aliphatic carbocycles. The topological polar surface area (TPSA) is 75.9 Å². The number of H-pyrrole nitrogens is 1. The lowest BCUT2D eigenvalue weighted by atomic mass is 10.2. The minimum Gasteiger partial charge on any atom is -0.316 e. The van der Waals surface area contributed by atoms with Crippen LogP contribution in [0.5, 0.6) is 0 Å². The van der Waals surface area contributed by atoms with Crippen LogP contribution in [0, 0.1) is 0 Å². The molecular formula is C18H21Cl2N5O2. The van der Waals surface area contributed by atoms with Crippen LogP contribution in [0.3, 0.4) is 0 Å². The molecule has 1 aromatic carbocycles. The summed E-state index contributed by atoms with van der Waals surface area (Å²) >= 11 is 12.3. The monoisotopic (exact) mass is 409 g/mol. The van der Waals surface area contributed by atoms with Gasteiger partial charge in [-0.25, -0.2) is 9.78 Å². The van der Waals surface area contributed by atoms with Crippen LogP contribution in [0.4, 0.5) is 0 Å². The Hall–Kier alpha value is -2.09. The van der Waals surface area contributed by atoms with E-state index in [1.54, 1.807) is 19.2 Å². The molecule has 0 saturated carbocycles. The lowest BCUT2D eigenvalue weighted by Gasteiger charge is -2.18. The zero-order valence-electron chi connectivity index (χ0n) is 15.4. The van der Waals surface area contributed by atoms with Crippen molar-refractivity contribution in [1.82, 2.24) is 24.0 Å². The number of rotatable bonds is 6. The molecule has 9 heteroatoms. The van der Waals surface area contributed by atoms with Crippen molar-refractivity contribution in [3.8, 4) is 0 Å². The number of hydrogen-bond donors (Lipinski definition) is 1. The highest BCUT2D eigenvalue weighted by Crippen LogP contribution is 2.24. The van der Waals surface area contributed by atoms with Gasteiger partial charge in [-0.3, -0.25) is 19.2 Å². The number of aromatic amines is 1. The average Bonchev–Trinajstić information content (AvgIpc) is 2.98. The van der Waals surface area contributed by atoms with Crippen LogP contribution < -0.4 is 11.2 Å². The molecule has 144 valence electrons. The standard InChI is InChI=1S/C18H21Cl2N5O2/c1-4-24(5-2)10-14-21-16-15(17(26)22-18(27)23(16)3)25(14)9-11-6-7-12(19)8-13(11)20/h6-8H,4-5,9-10H2,1-3H3,(H,22,26,27). The average molecular weight is 410 g/mol. The molecule has 0 bridgehead atoms. The molecule has 1 N–H and O–H groups in total. The van der Waals surface area contributed by atoms with E-state index in [9.17, 15) is 9.59 Å². The maximum atomic E-state index is 12.5. The largest absolute Gasteiger partial charge is 0.329 e. The third-order valence-electron chi connectivity index (χ3n) is 4.69. The van der Waals surface area contributed by atoms with E-state index in [0.29, 0.717) is 40.1 Å². The van der Waals surface area contributed by atoms with Crippen molar-refractivity contribution in [2.45, 2.75) is 26.9 Å². The maximum Gasteiger partial charge on any atom is 0.329 e. The SMILES string of the molecule is CCN(CC)Cc1nc2c(c(=O)[nH]c(=O)n2C)n1Cc1ccc(Cl)cc1Cl. The van der Waals surface area contributed by atoms with Crippen molar-refractivity contribution in [2.75, 3.05) is 13.1 Å². The van der Waals surface area contributed by atoms with Gasteiger partial charge in [0.25, 0.3) is 5.56 Å². The Labute approximate surface area is 166 Å². The highest BCUT2D eigenvalue weighted by molar-refractivity contribution is 6.35.